The van der Waals surface area contributed by atoms with E-state index >= 15 is 0 Å². The number of nitro groups is 1. The van der Waals surface area contributed by atoms with Gasteiger partial charge in [-0.3, -0.25) is 19.7 Å². The number of nitrogens with zero attached hydrogens (tertiary/aromatic N) is 2. The third-order valence-electron chi connectivity index (χ3n) is 3.79. The Labute approximate surface area is 148 Å². The van der Waals surface area contributed by atoms with Gasteiger partial charge in [0.15, 0.2) is 0 Å². The Hall–Kier alpha value is -2.87. The molecule has 1 heterocycles. The van der Waals surface area contributed by atoms with Crippen LogP contribution in [0.5, 0.6) is 0 Å². The van der Waals surface area contributed by atoms with E-state index in [2.05, 4.69) is 5.32 Å². The maximum Gasteiger partial charge on any atom is 0.271 e. The molecule has 2 aromatic carbocycles. The van der Waals surface area contributed by atoms with Crippen molar-refractivity contribution in [2.75, 3.05) is 16.9 Å². The molecule has 0 aliphatic carbocycles. The molecule has 0 saturated carbocycles. The highest BCUT2D eigenvalue weighted by Gasteiger charge is 2.35. The monoisotopic (exact) mass is 357 g/mol. The van der Waals surface area contributed by atoms with Gasteiger partial charge in [-0.25, -0.2) is 0 Å². The van der Waals surface area contributed by atoms with E-state index in [9.17, 15) is 19.7 Å². The van der Waals surface area contributed by atoms with Crippen molar-refractivity contribution in [1.82, 2.24) is 4.90 Å². The van der Waals surface area contributed by atoms with Gasteiger partial charge >= 0.3 is 0 Å². The molecule has 0 radical (unpaired) electrons. The molecule has 7 nitrogen and oxygen atoms in total. The number of rotatable bonds is 4. The highest BCUT2D eigenvalue weighted by atomic mass is 32.2. The highest BCUT2D eigenvalue weighted by Crippen LogP contribution is 2.25. The van der Waals surface area contributed by atoms with Crippen molar-refractivity contribution < 1.29 is 14.5 Å². The second-order valence-electron chi connectivity index (χ2n) is 5.45. The number of hydrogen-bond acceptors (Lipinski definition) is 5. The van der Waals surface area contributed by atoms with Gasteiger partial charge in [0.05, 0.1) is 10.8 Å². The summed E-state index contributed by atoms with van der Waals surface area (Å²) in [5.41, 5.74) is 0.761. The van der Waals surface area contributed by atoms with Gasteiger partial charge in [0.25, 0.3) is 11.6 Å². The summed E-state index contributed by atoms with van der Waals surface area (Å²) in [5, 5.41) is 13.5. The molecule has 2 amide bonds. The lowest BCUT2D eigenvalue weighted by atomic mass is 10.1. The van der Waals surface area contributed by atoms with Crippen molar-refractivity contribution in [2.45, 2.75) is 6.04 Å². The van der Waals surface area contributed by atoms with Gasteiger partial charge < -0.3 is 10.2 Å². The van der Waals surface area contributed by atoms with Crippen LogP contribution in [0.1, 0.15) is 10.4 Å². The molecular formula is C17H15N3O4S. The number of thioether (sulfide) groups is 1. The SMILES string of the molecule is O=C(Nc1cccc([N+](=O)[O-])c1)[C@@H]1CSCN1C(=O)c1ccccc1. The van der Waals surface area contributed by atoms with E-state index in [4.69, 9.17) is 0 Å². The van der Waals surface area contributed by atoms with Crippen LogP contribution in [-0.4, -0.2) is 39.3 Å². The third-order valence-corrected chi connectivity index (χ3v) is 4.80. The first-order chi connectivity index (χ1) is 12.1. The van der Waals surface area contributed by atoms with E-state index in [1.54, 1.807) is 30.3 Å². The molecule has 1 N–H and O–H groups in total. The van der Waals surface area contributed by atoms with Crippen molar-refractivity contribution in [3.8, 4) is 0 Å². The van der Waals surface area contributed by atoms with E-state index in [0.717, 1.165) is 0 Å². The first kappa shape index (κ1) is 17.0. The normalized spacial score (nSPS) is 16.5. The number of nitro benzene ring substituents is 1. The molecule has 1 aliphatic heterocycles. The highest BCUT2D eigenvalue weighted by molar-refractivity contribution is 7.99. The van der Waals surface area contributed by atoms with Gasteiger partial charge in [-0.05, 0) is 18.2 Å². The van der Waals surface area contributed by atoms with Crippen LogP contribution in [0.25, 0.3) is 0 Å². The Morgan fingerprint density at radius 3 is 2.64 bits per heavy atom. The number of carbonyl (C=O) groups is 2. The zero-order chi connectivity index (χ0) is 17.8. The molecule has 0 unspecified atom stereocenters. The van der Waals surface area contributed by atoms with Crippen LogP contribution in [-0.2, 0) is 4.79 Å². The minimum atomic E-state index is -0.614. The fourth-order valence-electron chi connectivity index (χ4n) is 2.53. The van der Waals surface area contributed by atoms with Gasteiger partial charge in [0, 0.05) is 29.1 Å². The number of benzene rings is 2. The van der Waals surface area contributed by atoms with Crippen molar-refractivity contribution in [3.05, 3.63) is 70.3 Å². The number of hydrogen-bond donors (Lipinski definition) is 1. The molecule has 1 atom stereocenters. The van der Waals surface area contributed by atoms with E-state index in [1.165, 1.54) is 34.9 Å². The number of nitrogens with one attached hydrogen (secondary N) is 1. The van der Waals surface area contributed by atoms with Gasteiger partial charge in [0.1, 0.15) is 6.04 Å². The summed E-state index contributed by atoms with van der Waals surface area (Å²) in [7, 11) is 0. The predicted octanol–water partition coefficient (Wildman–Crippen LogP) is 2.75. The Bertz CT molecular complexity index is 813. The second-order valence-corrected chi connectivity index (χ2v) is 6.45. The Morgan fingerprint density at radius 1 is 1.16 bits per heavy atom. The maximum atomic E-state index is 12.6. The summed E-state index contributed by atoms with van der Waals surface area (Å²) in [6, 6.07) is 13.9. The largest absolute Gasteiger partial charge is 0.324 e. The lowest BCUT2D eigenvalue weighted by Gasteiger charge is -2.23. The molecule has 3 rings (SSSR count). The lowest BCUT2D eigenvalue weighted by molar-refractivity contribution is -0.384. The fourth-order valence-corrected chi connectivity index (χ4v) is 3.68. The van der Waals surface area contributed by atoms with E-state index in [1.807, 2.05) is 6.07 Å². The van der Waals surface area contributed by atoms with Crippen LogP contribution >= 0.6 is 11.8 Å². The molecular weight excluding hydrogens is 342 g/mol. The number of carbonyl (C=O) groups excluding carboxylic acids is 2. The molecule has 0 aromatic heterocycles. The summed E-state index contributed by atoms with van der Waals surface area (Å²) >= 11 is 1.50. The second kappa shape index (κ2) is 7.35. The van der Waals surface area contributed by atoms with Crippen LogP contribution in [0.3, 0.4) is 0 Å². The smallest absolute Gasteiger partial charge is 0.271 e. The lowest BCUT2D eigenvalue weighted by Crippen LogP contribution is -2.44. The standard InChI is InChI=1S/C17H15N3O4S/c21-16(18-13-7-4-8-14(9-13)20(23)24)15-10-25-11-19(15)17(22)12-5-2-1-3-6-12/h1-9,15H,10-11H2,(H,18,21)/t15-/m0/s1. The van der Waals surface area contributed by atoms with Crippen molar-refractivity contribution in [1.29, 1.82) is 0 Å². The van der Waals surface area contributed by atoms with Crippen molar-refractivity contribution in [3.63, 3.8) is 0 Å². The van der Waals surface area contributed by atoms with Crippen LogP contribution < -0.4 is 5.32 Å². The van der Waals surface area contributed by atoms with Crippen molar-refractivity contribution >= 4 is 35.0 Å². The minimum absolute atomic E-state index is 0.101. The van der Waals surface area contributed by atoms with Crippen molar-refractivity contribution in [2.24, 2.45) is 0 Å². The molecule has 2 aromatic rings. The van der Waals surface area contributed by atoms with Gasteiger partial charge in [-0.2, -0.15) is 0 Å². The van der Waals surface area contributed by atoms with E-state index < -0.39 is 11.0 Å². The first-order valence-electron chi connectivity index (χ1n) is 7.55. The van der Waals surface area contributed by atoms with E-state index in [-0.39, 0.29) is 17.5 Å². The summed E-state index contributed by atoms with van der Waals surface area (Å²) in [4.78, 5) is 37.0. The van der Waals surface area contributed by atoms with Crippen LogP contribution in [0.15, 0.2) is 54.6 Å². The van der Waals surface area contributed by atoms with Crippen LogP contribution in [0.4, 0.5) is 11.4 Å². The molecule has 1 saturated heterocycles. The molecule has 128 valence electrons. The summed E-state index contributed by atoms with van der Waals surface area (Å²) in [6.07, 6.45) is 0. The Morgan fingerprint density at radius 2 is 1.92 bits per heavy atom. The molecule has 1 fully saturated rings. The molecule has 25 heavy (non-hydrogen) atoms. The minimum Gasteiger partial charge on any atom is -0.324 e. The van der Waals surface area contributed by atoms with Gasteiger partial charge in [-0.1, -0.05) is 24.3 Å². The maximum absolute atomic E-state index is 12.6. The Kier molecular flexibility index (Phi) is 4.99. The molecule has 1 aliphatic rings. The average Bonchev–Trinajstić information content (AvgIpc) is 3.12. The van der Waals surface area contributed by atoms with Crippen LogP contribution in [0, 0.1) is 10.1 Å². The van der Waals surface area contributed by atoms with E-state index in [0.29, 0.717) is 22.9 Å². The molecule has 0 bridgehead atoms. The summed E-state index contributed by atoms with van der Waals surface area (Å²) < 4.78 is 0. The fraction of sp³-hybridized carbons (Fsp3) is 0.176. The number of non-ortho nitro benzene ring substituents is 1. The first-order valence-corrected chi connectivity index (χ1v) is 8.71. The molecule has 0 spiro atoms. The topological polar surface area (TPSA) is 92.5 Å². The average molecular weight is 357 g/mol. The molecule has 8 heteroatoms. The quantitative estimate of drug-likeness (QED) is 0.671. The summed E-state index contributed by atoms with van der Waals surface area (Å²) in [5.74, 6) is 0.361. The van der Waals surface area contributed by atoms with Gasteiger partial charge in [0.2, 0.25) is 5.91 Å². The Balaban J connectivity index is 1.74. The summed E-state index contributed by atoms with van der Waals surface area (Å²) in [6.45, 7) is 0. The zero-order valence-electron chi connectivity index (χ0n) is 13.1. The predicted molar refractivity (Wildman–Crippen MR) is 95.5 cm³/mol. The van der Waals surface area contributed by atoms with Gasteiger partial charge in [-0.15, -0.1) is 11.8 Å². The third kappa shape index (κ3) is 3.80. The van der Waals surface area contributed by atoms with Crippen LogP contribution in [0.2, 0.25) is 0 Å². The number of anilines is 1. The zero-order valence-corrected chi connectivity index (χ0v) is 13.9. The number of amides is 2.